The summed E-state index contributed by atoms with van der Waals surface area (Å²) in [5.74, 6) is 0. The van der Waals surface area contributed by atoms with E-state index >= 15 is 0 Å². The molecule has 3 fully saturated rings. The van der Waals surface area contributed by atoms with Gasteiger partial charge in [0.05, 0.1) is 12.6 Å². The third-order valence-electron chi connectivity index (χ3n) is 4.44. The SMILES string of the molecule is CO[C@@H]1O[C@H]2CO[C@H](c3ccccc3)O[C@@H]2[C@H]2[C@@H]1N2C(N)=O. The van der Waals surface area contributed by atoms with Crippen LogP contribution in [0.15, 0.2) is 30.3 Å². The Morgan fingerprint density at radius 3 is 2.73 bits per heavy atom. The highest BCUT2D eigenvalue weighted by molar-refractivity contribution is 5.76. The van der Waals surface area contributed by atoms with Gasteiger partial charge in [0.1, 0.15) is 18.2 Å². The van der Waals surface area contributed by atoms with Gasteiger partial charge in [-0.2, -0.15) is 0 Å². The van der Waals surface area contributed by atoms with Crippen molar-refractivity contribution in [1.29, 1.82) is 0 Å². The summed E-state index contributed by atoms with van der Waals surface area (Å²) >= 11 is 0. The standard InChI is InChI=1S/C15H18N2O5/c1-19-14-11-10(17(11)15(16)18)12-9(21-14)7-20-13(22-12)8-5-3-2-4-6-8/h2-6,9-14H,7H2,1H3,(H2,16,18)/t9-,10+,11-,12-,13-,14+,17?/m0/s1. The molecule has 3 aliphatic heterocycles. The van der Waals surface area contributed by atoms with Crippen LogP contribution in [0.1, 0.15) is 11.9 Å². The van der Waals surface area contributed by atoms with Gasteiger partial charge in [-0.05, 0) is 0 Å². The molecule has 3 heterocycles. The van der Waals surface area contributed by atoms with E-state index < -0.39 is 18.6 Å². The molecule has 6 atom stereocenters. The van der Waals surface area contributed by atoms with Crippen LogP contribution >= 0.6 is 0 Å². The minimum atomic E-state index is -0.487. The molecule has 0 unspecified atom stereocenters. The molecule has 0 radical (unpaired) electrons. The van der Waals surface area contributed by atoms with Crippen LogP contribution in [-0.4, -0.2) is 55.2 Å². The summed E-state index contributed by atoms with van der Waals surface area (Å²) in [4.78, 5) is 13.1. The fraction of sp³-hybridized carbons (Fsp3) is 0.533. The highest BCUT2D eigenvalue weighted by atomic mass is 16.7. The normalized spacial score (nSPS) is 39.8. The van der Waals surface area contributed by atoms with Crippen LogP contribution in [0.25, 0.3) is 0 Å². The fourth-order valence-corrected chi connectivity index (χ4v) is 3.40. The highest BCUT2D eigenvalue weighted by Gasteiger charge is 2.66. The molecule has 0 bridgehead atoms. The molecule has 0 aliphatic carbocycles. The highest BCUT2D eigenvalue weighted by Crippen LogP contribution is 2.45. The molecule has 1 aromatic carbocycles. The number of carbonyl (C=O) groups is 1. The maximum atomic E-state index is 11.6. The van der Waals surface area contributed by atoms with E-state index in [1.807, 2.05) is 30.3 Å². The van der Waals surface area contributed by atoms with Gasteiger partial charge in [-0.1, -0.05) is 30.3 Å². The fourth-order valence-electron chi connectivity index (χ4n) is 3.40. The summed E-state index contributed by atoms with van der Waals surface area (Å²) < 4.78 is 22.9. The van der Waals surface area contributed by atoms with E-state index in [-0.39, 0.29) is 24.3 Å². The van der Waals surface area contributed by atoms with Crippen molar-refractivity contribution in [3.63, 3.8) is 0 Å². The van der Waals surface area contributed by atoms with Crippen LogP contribution in [0.2, 0.25) is 0 Å². The van der Waals surface area contributed by atoms with Crippen LogP contribution in [0.3, 0.4) is 0 Å². The first-order valence-electron chi connectivity index (χ1n) is 7.28. The van der Waals surface area contributed by atoms with Gasteiger partial charge >= 0.3 is 6.03 Å². The Labute approximate surface area is 127 Å². The number of fused-ring (bicyclic) bond motifs is 3. The number of nitrogens with two attached hydrogens (primary N) is 1. The molecule has 4 rings (SSSR count). The predicted molar refractivity (Wildman–Crippen MR) is 74.7 cm³/mol. The van der Waals surface area contributed by atoms with Gasteiger partial charge < -0.3 is 29.6 Å². The number of carbonyl (C=O) groups excluding carboxylic acids is 1. The van der Waals surface area contributed by atoms with Gasteiger partial charge in [-0.15, -0.1) is 0 Å². The lowest BCUT2D eigenvalue weighted by atomic mass is 10.0. The molecule has 7 nitrogen and oxygen atoms in total. The molecular weight excluding hydrogens is 288 g/mol. The molecule has 7 heteroatoms. The van der Waals surface area contributed by atoms with E-state index in [9.17, 15) is 4.79 Å². The number of hydrogen-bond donors (Lipinski definition) is 1. The summed E-state index contributed by atoms with van der Waals surface area (Å²) in [6.45, 7) is 0.389. The molecule has 3 aliphatic rings. The molecular formula is C15H18N2O5. The molecule has 0 saturated carbocycles. The maximum absolute atomic E-state index is 11.6. The number of hydrogen-bond acceptors (Lipinski definition) is 5. The van der Waals surface area contributed by atoms with Crippen molar-refractivity contribution in [2.24, 2.45) is 5.73 Å². The van der Waals surface area contributed by atoms with Crippen molar-refractivity contribution in [1.82, 2.24) is 4.90 Å². The average Bonchev–Trinajstić information content (AvgIpc) is 3.30. The van der Waals surface area contributed by atoms with E-state index in [2.05, 4.69) is 0 Å². The Morgan fingerprint density at radius 1 is 1.27 bits per heavy atom. The van der Waals surface area contributed by atoms with Crippen LogP contribution in [0, 0.1) is 0 Å². The second kappa shape index (κ2) is 5.20. The molecule has 1 aromatic rings. The third kappa shape index (κ3) is 2.09. The average molecular weight is 306 g/mol. The Morgan fingerprint density at radius 2 is 2.05 bits per heavy atom. The molecule has 0 aromatic heterocycles. The smallest absolute Gasteiger partial charge is 0.315 e. The van der Waals surface area contributed by atoms with Gasteiger partial charge in [0.2, 0.25) is 0 Å². The lowest BCUT2D eigenvalue weighted by Gasteiger charge is -2.39. The number of ether oxygens (including phenoxy) is 4. The Kier molecular flexibility index (Phi) is 3.30. The summed E-state index contributed by atoms with van der Waals surface area (Å²) in [7, 11) is 1.55. The van der Waals surface area contributed by atoms with Crippen LogP contribution in [0.4, 0.5) is 4.79 Å². The van der Waals surface area contributed by atoms with Crippen molar-refractivity contribution in [3.8, 4) is 0 Å². The van der Waals surface area contributed by atoms with Crippen LogP contribution < -0.4 is 5.73 Å². The topological polar surface area (TPSA) is 83.0 Å². The first-order chi connectivity index (χ1) is 10.7. The molecule has 2 amide bonds. The number of benzene rings is 1. The lowest BCUT2D eigenvalue weighted by Crippen LogP contribution is -2.52. The second-order valence-electron chi connectivity index (χ2n) is 5.68. The number of urea groups is 1. The van der Waals surface area contributed by atoms with Gasteiger partial charge in [-0.3, -0.25) is 0 Å². The Bertz CT molecular complexity index is 568. The number of primary amides is 1. The maximum Gasteiger partial charge on any atom is 0.315 e. The van der Waals surface area contributed by atoms with Crippen molar-refractivity contribution in [3.05, 3.63) is 35.9 Å². The van der Waals surface area contributed by atoms with E-state index in [0.29, 0.717) is 6.61 Å². The number of nitrogens with zero attached hydrogens (tertiary/aromatic N) is 1. The summed E-state index contributed by atoms with van der Waals surface area (Å²) in [5.41, 5.74) is 6.37. The molecule has 22 heavy (non-hydrogen) atoms. The summed E-state index contributed by atoms with van der Waals surface area (Å²) in [5, 5.41) is 0. The van der Waals surface area contributed by atoms with Gasteiger partial charge in [0.25, 0.3) is 0 Å². The molecule has 2 N–H and O–H groups in total. The first-order valence-corrected chi connectivity index (χ1v) is 7.28. The zero-order chi connectivity index (χ0) is 15.3. The largest absolute Gasteiger partial charge is 0.354 e. The van der Waals surface area contributed by atoms with Crippen molar-refractivity contribution >= 4 is 6.03 Å². The zero-order valence-corrected chi connectivity index (χ0v) is 12.1. The van der Waals surface area contributed by atoms with E-state index in [4.69, 9.17) is 24.7 Å². The monoisotopic (exact) mass is 306 g/mol. The van der Waals surface area contributed by atoms with Gasteiger partial charge in [0, 0.05) is 12.7 Å². The summed E-state index contributed by atoms with van der Waals surface area (Å²) in [6.07, 6.45) is -1.47. The third-order valence-corrected chi connectivity index (χ3v) is 4.44. The minimum absolute atomic E-state index is 0.115. The molecule has 3 saturated heterocycles. The predicted octanol–water partition coefficient (Wildman–Crippen LogP) is 0.603. The van der Waals surface area contributed by atoms with E-state index in [0.717, 1.165) is 5.56 Å². The summed E-state index contributed by atoms with van der Waals surface area (Å²) in [6, 6.07) is 8.92. The van der Waals surface area contributed by atoms with E-state index in [1.54, 1.807) is 12.0 Å². The Hall–Kier alpha value is -1.67. The Balaban J connectivity index is 1.55. The van der Waals surface area contributed by atoms with Crippen LogP contribution in [-0.2, 0) is 18.9 Å². The molecule has 0 spiro atoms. The molecule has 118 valence electrons. The van der Waals surface area contributed by atoms with Gasteiger partial charge in [0.15, 0.2) is 12.6 Å². The minimum Gasteiger partial charge on any atom is -0.354 e. The van der Waals surface area contributed by atoms with Crippen molar-refractivity contribution < 1.29 is 23.7 Å². The first kappa shape index (κ1) is 14.0. The lowest BCUT2D eigenvalue weighted by molar-refractivity contribution is -0.304. The zero-order valence-electron chi connectivity index (χ0n) is 12.1. The van der Waals surface area contributed by atoms with Crippen molar-refractivity contribution in [2.45, 2.75) is 36.9 Å². The number of methoxy groups -OCH3 is 1. The van der Waals surface area contributed by atoms with E-state index in [1.165, 1.54) is 0 Å². The number of amides is 2. The second-order valence-corrected chi connectivity index (χ2v) is 5.68. The quantitative estimate of drug-likeness (QED) is 0.809. The van der Waals surface area contributed by atoms with Crippen LogP contribution in [0.5, 0.6) is 0 Å². The van der Waals surface area contributed by atoms with Gasteiger partial charge in [-0.25, -0.2) is 4.79 Å². The number of rotatable bonds is 2. The van der Waals surface area contributed by atoms with Crippen molar-refractivity contribution in [2.75, 3.05) is 13.7 Å².